The van der Waals surface area contributed by atoms with Gasteiger partial charge < -0.3 is 14.5 Å². The molecule has 36 heavy (non-hydrogen) atoms. The van der Waals surface area contributed by atoms with Crippen LogP contribution in [0.2, 0.25) is 0 Å². The predicted octanol–water partition coefficient (Wildman–Crippen LogP) is 3.72. The predicted molar refractivity (Wildman–Crippen MR) is 125 cm³/mol. The summed E-state index contributed by atoms with van der Waals surface area (Å²) in [5.41, 5.74) is 0.111. The van der Waals surface area contributed by atoms with Crippen LogP contribution >= 0.6 is 0 Å². The van der Waals surface area contributed by atoms with Crippen LogP contribution in [0.5, 0.6) is 0 Å². The molecule has 0 saturated heterocycles. The minimum Gasteiger partial charge on any atom is -0.462 e. The lowest BCUT2D eigenvalue weighted by atomic mass is 10.1. The second-order valence-electron chi connectivity index (χ2n) is 7.59. The van der Waals surface area contributed by atoms with Crippen LogP contribution in [0.15, 0.2) is 67.0 Å². The number of carbonyl (C=O) groups is 3. The average Bonchev–Trinajstić information content (AvgIpc) is 3.26. The summed E-state index contributed by atoms with van der Waals surface area (Å²) in [5, 5.41) is 13.8. The van der Waals surface area contributed by atoms with Crippen molar-refractivity contribution in [3.05, 3.63) is 111 Å². The van der Waals surface area contributed by atoms with Crippen LogP contribution in [-0.2, 0) is 11.3 Å². The lowest BCUT2D eigenvalue weighted by molar-refractivity contribution is -0.387. The summed E-state index contributed by atoms with van der Waals surface area (Å²) in [4.78, 5) is 52.9. The molecule has 0 aliphatic heterocycles. The van der Waals surface area contributed by atoms with E-state index >= 15 is 0 Å². The first-order valence-electron chi connectivity index (χ1n) is 10.8. The molecule has 11 heteroatoms. The number of ketones is 1. The van der Waals surface area contributed by atoms with E-state index in [1.54, 1.807) is 31.3 Å². The largest absolute Gasteiger partial charge is 0.462 e. The van der Waals surface area contributed by atoms with E-state index in [-0.39, 0.29) is 41.1 Å². The molecule has 0 atom stereocenters. The molecule has 0 spiro atoms. The van der Waals surface area contributed by atoms with Gasteiger partial charge in [0, 0.05) is 29.6 Å². The summed E-state index contributed by atoms with van der Waals surface area (Å²) in [7, 11) is 0. The van der Waals surface area contributed by atoms with Gasteiger partial charge in [-0.25, -0.2) is 4.79 Å². The van der Waals surface area contributed by atoms with Gasteiger partial charge in [0.25, 0.3) is 5.91 Å². The molecule has 0 aliphatic carbocycles. The van der Waals surface area contributed by atoms with Crippen molar-refractivity contribution in [3.8, 4) is 0 Å². The number of hydrogen-bond donors (Lipinski definition) is 1. The van der Waals surface area contributed by atoms with Crippen LogP contribution < -0.4 is 5.32 Å². The molecule has 0 aliphatic rings. The van der Waals surface area contributed by atoms with E-state index in [1.807, 2.05) is 0 Å². The monoisotopic (exact) mass is 490 g/mol. The van der Waals surface area contributed by atoms with E-state index < -0.39 is 34.1 Å². The number of pyridine rings is 2. The molecule has 1 amide bonds. The van der Waals surface area contributed by atoms with Crippen LogP contribution in [-0.4, -0.2) is 38.6 Å². The minimum atomic E-state index is -1.08. The molecule has 4 rings (SSSR count). The summed E-state index contributed by atoms with van der Waals surface area (Å²) in [5.74, 6) is -2.91. The van der Waals surface area contributed by atoms with Crippen molar-refractivity contribution in [1.82, 2.24) is 14.7 Å². The maximum atomic E-state index is 13.8. The Hall–Kier alpha value is -4.93. The Kier molecular flexibility index (Phi) is 6.81. The van der Waals surface area contributed by atoms with Gasteiger partial charge in [0.2, 0.25) is 11.6 Å². The molecule has 3 aromatic heterocycles. The van der Waals surface area contributed by atoms with Crippen LogP contribution in [0.25, 0.3) is 5.52 Å². The highest BCUT2D eigenvalue weighted by molar-refractivity contribution is 6.12. The molecule has 0 fully saturated rings. The average molecular weight is 490 g/mol. The number of nitrogens with one attached hydrogen (secondary N) is 1. The molecule has 0 saturated carbocycles. The molecule has 0 radical (unpaired) electrons. The fourth-order valence-electron chi connectivity index (χ4n) is 3.60. The van der Waals surface area contributed by atoms with Crippen LogP contribution in [0.1, 0.15) is 49.4 Å². The van der Waals surface area contributed by atoms with Crippen molar-refractivity contribution in [2.24, 2.45) is 0 Å². The van der Waals surface area contributed by atoms with Crippen molar-refractivity contribution in [2.45, 2.75) is 13.5 Å². The topological polar surface area (TPSA) is 133 Å². The van der Waals surface area contributed by atoms with Gasteiger partial charge in [0.1, 0.15) is 0 Å². The number of rotatable bonds is 8. The highest BCUT2D eigenvalue weighted by Gasteiger charge is 2.24. The zero-order valence-electron chi connectivity index (χ0n) is 18.9. The Balaban J connectivity index is 1.73. The summed E-state index contributed by atoms with van der Waals surface area (Å²) in [6.45, 7) is 1.88. The van der Waals surface area contributed by atoms with Gasteiger partial charge in [-0.1, -0.05) is 6.07 Å². The number of halogens is 1. The second-order valence-corrected chi connectivity index (χ2v) is 7.59. The standard InChI is InChI=1S/C25H19FN4O6/c1-2-36-25(33)18-13-22(23(31)15-6-7-19(26)21(11-15)30(34)35)29-10-8-16(12-20(18)29)24(32)28-14-17-5-3-4-9-27-17/h3-13H,2,14H2,1H3,(H,28,32). The highest BCUT2D eigenvalue weighted by atomic mass is 19.1. The smallest absolute Gasteiger partial charge is 0.340 e. The van der Waals surface area contributed by atoms with Crippen LogP contribution in [0.3, 0.4) is 0 Å². The number of carbonyl (C=O) groups excluding carboxylic acids is 3. The molecule has 4 aromatic rings. The number of aromatic nitrogens is 2. The van der Waals surface area contributed by atoms with E-state index in [0.29, 0.717) is 5.69 Å². The minimum absolute atomic E-state index is 0.0191. The number of fused-ring (bicyclic) bond motifs is 1. The van der Waals surface area contributed by atoms with E-state index in [2.05, 4.69) is 10.3 Å². The number of benzene rings is 1. The molecule has 10 nitrogen and oxygen atoms in total. The maximum absolute atomic E-state index is 13.8. The second kappa shape index (κ2) is 10.1. The van der Waals surface area contributed by atoms with E-state index in [0.717, 1.165) is 18.2 Å². The molecule has 182 valence electrons. The molecular formula is C25H19FN4O6. The van der Waals surface area contributed by atoms with Gasteiger partial charge in [-0.15, -0.1) is 0 Å². The molecular weight excluding hydrogens is 471 g/mol. The summed E-state index contributed by atoms with van der Waals surface area (Å²) in [6.07, 6.45) is 3.03. The molecule has 0 unspecified atom stereocenters. The van der Waals surface area contributed by atoms with E-state index in [1.165, 1.54) is 28.8 Å². The van der Waals surface area contributed by atoms with Crippen LogP contribution in [0, 0.1) is 15.9 Å². The SMILES string of the molecule is CCOC(=O)c1cc(C(=O)c2ccc(F)c([N+](=O)[O-])c2)n2ccc(C(=O)NCc3ccccn3)cc12. The first-order chi connectivity index (χ1) is 17.3. The first kappa shape index (κ1) is 24.2. The number of hydrogen-bond acceptors (Lipinski definition) is 7. The zero-order valence-corrected chi connectivity index (χ0v) is 18.9. The number of nitro groups is 1. The van der Waals surface area contributed by atoms with Crippen molar-refractivity contribution in [3.63, 3.8) is 0 Å². The Morgan fingerprint density at radius 2 is 1.92 bits per heavy atom. The Morgan fingerprint density at radius 1 is 1.11 bits per heavy atom. The molecule has 1 N–H and O–H groups in total. The number of esters is 1. The number of ether oxygens (including phenoxy) is 1. The third-order valence-electron chi connectivity index (χ3n) is 5.32. The van der Waals surface area contributed by atoms with Gasteiger partial charge in [0.15, 0.2) is 0 Å². The Morgan fingerprint density at radius 3 is 2.61 bits per heavy atom. The Labute approximate surface area is 203 Å². The van der Waals surface area contributed by atoms with Gasteiger partial charge >= 0.3 is 11.7 Å². The van der Waals surface area contributed by atoms with E-state index in [9.17, 15) is 28.9 Å². The number of nitrogens with zero attached hydrogens (tertiary/aromatic N) is 3. The normalized spacial score (nSPS) is 10.7. The molecule has 3 heterocycles. The quantitative estimate of drug-likeness (QED) is 0.172. The van der Waals surface area contributed by atoms with Crippen molar-refractivity contribution >= 4 is 28.9 Å². The lowest BCUT2D eigenvalue weighted by Crippen LogP contribution is -2.23. The van der Waals surface area contributed by atoms with Crippen molar-refractivity contribution < 1.29 is 28.4 Å². The number of nitro benzene ring substituents is 1. The third-order valence-corrected chi connectivity index (χ3v) is 5.32. The van der Waals surface area contributed by atoms with E-state index in [4.69, 9.17) is 4.74 Å². The van der Waals surface area contributed by atoms with Crippen molar-refractivity contribution in [1.29, 1.82) is 0 Å². The Bertz CT molecular complexity index is 1500. The van der Waals surface area contributed by atoms with Gasteiger partial charge in [-0.05, 0) is 49.4 Å². The fraction of sp³-hybridized carbons (Fsp3) is 0.120. The van der Waals surface area contributed by atoms with Crippen LogP contribution in [0.4, 0.5) is 10.1 Å². The maximum Gasteiger partial charge on any atom is 0.340 e. The van der Waals surface area contributed by atoms with Gasteiger partial charge in [0.05, 0.1) is 40.5 Å². The van der Waals surface area contributed by atoms with Gasteiger partial charge in [-0.2, -0.15) is 4.39 Å². The third kappa shape index (κ3) is 4.80. The summed E-state index contributed by atoms with van der Waals surface area (Å²) >= 11 is 0. The zero-order chi connectivity index (χ0) is 25.8. The first-order valence-corrected chi connectivity index (χ1v) is 10.8. The highest BCUT2D eigenvalue weighted by Crippen LogP contribution is 2.25. The summed E-state index contributed by atoms with van der Waals surface area (Å²) < 4.78 is 20.2. The lowest BCUT2D eigenvalue weighted by Gasteiger charge is -2.08. The van der Waals surface area contributed by atoms with Gasteiger partial charge in [-0.3, -0.25) is 24.7 Å². The number of amides is 1. The fourth-order valence-corrected chi connectivity index (χ4v) is 3.60. The molecule has 1 aromatic carbocycles. The summed E-state index contributed by atoms with van der Waals surface area (Å²) in [6, 6.07) is 12.3. The van der Waals surface area contributed by atoms with Crippen molar-refractivity contribution in [2.75, 3.05) is 6.61 Å². The molecule has 0 bridgehead atoms.